The summed E-state index contributed by atoms with van der Waals surface area (Å²) in [6.45, 7) is 6.36. The topological polar surface area (TPSA) is 148 Å². The number of para-hydroxylation sites is 2. The van der Waals surface area contributed by atoms with Gasteiger partial charge < -0.3 is 20.1 Å². The number of amides is 4. The average molecular weight is 628 g/mol. The summed E-state index contributed by atoms with van der Waals surface area (Å²) in [4.78, 5) is 78.6. The van der Waals surface area contributed by atoms with Crippen LogP contribution >= 0.6 is 0 Å². The second kappa shape index (κ2) is 15.1. The van der Waals surface area contributed by atoms with E-state index >= 15 is 0 Å². The molecule has 11 heteroatoms. The number of benzene rings is 3. The predicted molar refractivity (Wildman–Crippen MR) is 170 cm³/mol. The number of rotatable bonds is 13. The zero-order valence-electron chi connectivity index (χ0n) is 26.3. The van der Waals surface area contributed by atoms with E-state index in [9.17, 15) is 28.8 Å². The van der Waals surface area contributed by atoms with Crippen LogP contribution in [-0.4, -0.2) is 59.7 Å². The number of carbonyl (C=O) groups excluding carboxylic acids is 6. The molecule has 11 nitrogen and oxygen atoms in total. The Morgan fingerprint density at radius 1 is 0.717 bits per heavy atom. The van der Waals surface area contributed by atoms with E-state index in [4.69, 9.17) is 9.47 Å². The van der Waals surface area contributed by atoms with Gasteiger partial charge in [0.25, 0.3) is 23.6 Å². The molecule has 46 heavy (non-hydrogen) atoms. The van der Waals surface area contributed by atoms with Crippen molar-refractivity contribution in [2.75, 3.05) is 23.8 Å². The predicted octanol–water partition coefficient (Wildman–Crippen LogP) is 4.80. The van der Waals surface area contributed by atoms with Crippen LogP contribution in [0.4, 0.5) is 11.4 Å². The van der Waals surface area contributed by atoms with Crippen molar-refractivity contribution in [3.05, 3.63) is 94.5 Å². The highest BCUT2D eigenvalue weighted by molar-refractivity contribution is 6.23. The maximum absolute atomic E-state index is 13.5. The highest BCUT2D eigenvalue weighted by atomic mass is 16.5. The SMILES string of the molecule is CCc1ccccc1NC(=O)COC(=O)c1ccc2c(c1)C(=O)N(C(CC(C)C)C(=O)OCC(=O)Nc1ccccc1CC)C2=O. The summed E-state index contributed by atoms with van der Waals surface area (Å²) in [5, 5.41) is 5.43. The largest absolute Gasteiger partial charge is 0.454 e. The van der Waals surface area contributed by atoms with Gasteiger partial charge in [-0.25, -0.2) is 9.59 Å². The van der Waals surface area contributed by atoms with Crippen LogP contribution in [0.3, 0.4) is 0 Å². The van der Waals surface area contributed by atoms with E-state index in [1.807, 2.05) is 52.0 Å². The van der Waals surface area contributed by atoms with Crippen molar-refractivity contribution in [1.29, 1.82) is 0 Å². The van der Waals surface area contributed by atoms with Crippen molar-refractivity contribution >= 4 is 46.9 Å². The maximum Gasteiger partial charge on any atom is 0.338 e. The molecule has 1 atom stereocenters. The van der Waals surface area contributed by atoms with Crippen LogP contribution in [0.25, 0.3) is 0 Å². The molecule has 0 radical (unpaired) electrons. The third kappa shape index (κ3) is 7.84. The monoisotopic (exact) mass is 627 g/mol. The number of hydrogen-bond acceptors (Lipinski definition) is 8. The summed E-state index contributed by atoms with van der Waals surface area (Å²) in [7, 11) is 0. The number of fused-ring (bicyclic) bond motifs is 1. The molecule has 1 heterocycles. The molecule has 4 rings (SSSR count). The average Bonchev–Trinajstić information content (AvgIpc) is 3.29. The minimum absolute atomic E-state index is 0.00550. The number of nitrogens with one attached hydrogen (secondary N) is 2. The van der Waals surface area contributed by atoms with Crippen LogP contribution in [0.15, 0.2) is 66.7 Å². The zero-order valence-corrected chi connectivity index (χ0v) is 26.3. The van der Waals surface area contributed by atoms with Crippen LogP contribution in [0.5, 0.6) is 0 Å². The molecule has 1 aliphatic heterocycles. The number of esters is 2. The fourth-order valence-corrected chi connectivity index (χ4v) is 5.14. The first-order chi connectivity index (χ1) is 22.0. The summed E-state index contributed by atoms with van der Waals surface area (Å²) in [5.74, 6) is -4.50. The zero-order chi connectivity index (χ0) is 33.4. The van der Waals surface area contributed by atoms with Gasteiger partial charge in [0.05, 0.1) is 16.7 Å². The van der Waals surface area contributed by atoms with Crippen LogP contribution in [0.2, 0.25) is 0 Å². The lowest BCUT2D eigenvalue weighted by molar-refractivity contribution is -0.151. The lowest BCUT2D eigenvalue weighted by Crippen LogP contribution is -2.46. The first-order valence-corrected chi connectivity index (χ1v) is 15.1. The summed E-state index contributed by atoms with van der Waals surface area (Å²) >= 11 is 0. The highest BCUT2D eigenvalue weighted by Gasteiger charge is 2.44. The van der Waals surface area contributed by atoms with Gasteiger partial charge in [-0.15, -0.1) is 0 Å². The fraction of sp³-hybridized carbons (Fsp3) is 0.314. The van der Waals surface area contributed by atoms with Gasteiger partial charge in [-0.1, -0.05) is 64.1 Å². The van der Waals surface area contributed by atoms with Gasteiger partial charge in [-0.3, -0.25) is 24.1 Å². The number of aryl methyl sites for hydroxylation is 2. The molecule has 0 saturated heterocycles. The quantitative estimate of drug-likeness (QED) is 0.203. The van der Waals surface area contributed by atoms with Gasteiger partial charge in [0, 0.05) is 11.4 Å². The van der Waals surface area contributed by atoms with Crippen molar-refractivity contribution in [2.45, 2.75) is 53.0 Å². The summed E-state index contributed by atoms with van der Waals surface area (Å²) in [5.41, 5.74) is 2.92. The van der Waals surface area contributed by atoms with E-state index < -0.39 is 54.8 Å². The lowest BCUT2D eigenvalue weighted by Gasteiger charge is -2.25. The number of imide groups is 1. The van der Waals surface area contributed by atoms with Crippen LogP contribution in [0, 0.1) is 5.92 Å². The van der Waals surface area contributed by atoms with Gasteiger partial charge in [-0.05, 0) is 66.6 Å². The van der Waals surface area contributed by atoms with E-state index in [0.717, 1.165) is 16.0 Å². The Labute approximate surface area is 267 Å². The molecule has 1 aliphatic rings. The van der Waals surface area contributed by atoms with Crippen molar-refractivity contribution < 1.29 is 38.2 Å². The molecule has 0 fully saturated rings. The molecule has 0 spiro atoms. The molecular weight excluding hydrogens is 590 g/mol. The minimum Gasteiger partial charge on any atom is -0.454 e. The third-order valence-electron chi connectivity index (χ3n) is 7.46. The molecule has 0 aromatic heterocycles. The number of nitrogens with zero attached hydrogens (tertiary/aromatic N) is 1. The maximum atomic E-state index is 13.5. The highest BCUT2D eigenvalue weighted by Crippen LogP contribution is 2.29. The standard InChI is InChI=1S/C35H37N3O8/c1-5-22-11-7-9-13-27(22)36-30(39)19-45-34(43)24-15-16-25-26(18-24)33(42)38(32(25)41)29(17-21(3)4)35(44)46-20-31(40)37-28-14-10-8-12-23(28)6-2/h7-16,18,21,29H,5-6,17,19-20H2,1-4H3,(H,36,39)(H,37,40). The van der Waals surface area contributed by atoms with Crippen LogP contribution in [-0.2, 0) is 36.7 Å². The van der Waals surface area contributed by atoms with E-state index in [2.05, 4.69) is 10.6 Å². The number of hydrogen-bond donors (Lipinski definition) is 2. The molecule has 240 valence electrons. The van der Waals surface area contributed by atoms with E-state index in [1.54, 1.807) is 24.3 Å². The normalized spacial score (nSPS) is 12.8. The lowest BCUT2D eigenvalue weighted by atomic mass is 10.0. The summed E-state index contributed by atoms with van der Waals surface area (Å²) in [6.07, 6.45) is 1.49. The van der Waals surface area contributed by atoms with Crippen LogP contribution < -0.4 is 10.6 Å². The molecule has 3 aromatic rings. The number of ether oxygens (including phenoxy) is 2. The van der Waals surface area contributed by atoms with Gasteiger partial charge in [0.15, 0.2) is 13.2 Å². The Bertz CT molecular complexity index is 1660. The van der Waals surface area contributed by atoms with E-state index in [-0.39, 0.29) is 29.0 Å². The second-order valence-electron chi connectivity index (χ2n) is 11.2. The molecule has 2 N–H and O–H groups in total. The Morgan fingerprint density at radius 2 is 1.24 bits per heavy atom. The molecular formula is C35H37N3O8. The minimum atomic E-state index is -1.30. The third-order valence-corrected chi connectivity index (χ3v) is 7.46. The van der Waals surface area contributed by atoms with Gasteiger partial charge in [0.2, 0.25) is 0 Å². The Kier molecular flexibility index (Phi) is 11.0. The van der Waals surface area contributed by atoms with E-state index in [0.29, 0.717) is 24.2 Å². The van der Waals surface area contributed by atoms with Gasteiger partial charge in [-0.2, -0.15) is 0 Å². The summed E-state index contributed by atoms with van der Waals surface area (Å²) < 4.78 is 10.4. The smallest absolute Gasteiger partial charge is 0.338 e. The fourth-order valence-electron chi connectivity index (χ4n) is 5.14. The molecule has 4 amide bonds. The Balaban J connectivity index is 1.42. The molecule has 0 saturated carbocycles. The van der Waals surface area contributed by atoms with E-state index in [1.165, 1.54) is 18.2 Å². The van der Waals surface area contributed by atoms with Crippen molar-refractivity contribution in [3.8, 4) is 0 Å². The molecule has 3 aromatic carbocycles. The van der Waals surface area contributed by atoms with Crippen molar-refractivity contribution in [2.24, 2.45) is 5.92 Å². The summed E-state index contributed by atoms with van der Waals surface area (Å²) in [6, 6.07) is 17.0. The number of anilines is 2. The van der Waals surface area contributed by atoms with Crippen molar-refractivity contribution in [1.82, 2.24) is 4.90 Å². The molecule has 1 unspecified atom stereocenters. The Morgan fingerprint density at radius 3 is 1.78 bits per heavy atom. The Hall–Kier alpha value is -5.32. The molecule has 0 aliphatic carbocycles. The van der Waals surface area contributed by atoms with Gasteiger partial charge >= 0.3 is 11.9 Å². The van der Waals surface area contributed by atoms with Crippen molar-refractivity contribution in [3.63, 3.8) is 0 Å². The number of carbonyl (C=O) groups is 6. The molecule has 0 bridgehead atoms. The van der Waals surface area contributed by atoms with Gasteiger partial charge in [0.1, 0.15) is 6.04 Å². The first-order valence-electron chi connectivity index (χ1n) is 15.1. The second-order valence-corrected chi connectivity index (χ2v) is 11.2. The van der Waals surface area contributed by atoms with Crippen LogP contribution in [0.1, 0.15) is 76.3 Å². The first kappa shape index (κ1) is 33.6.